The highest BCUT2D eigenvalue weighted by Gasteiger charge is 2.26. The lowest BCUT2D eigenvalue weighted by Gasteiger charge is -2.30. The van der Waals surface area contributed by atoms with Crippen LogP contribution in [-0.4, -0.2) is 30.1 Å². The van der Waals surface area contributed by atoms with E-state index in [1.54, 1.807) is 23.1 Å². The number of hydrogen-bond donors (Lipinski definition) is 1. The van der Waals surface area contributed by atoms with Crippen LogP contribution in [0.3, 0.4) is 0 Å². The van der Waals surface area contributed by atoms with Crippen molar-refractivity contribution in [1.82, 2.24) is 0 Å². The number of rotatable bonds is 4. The van der Waals surface area contributed by atoms with Gasteiger partial charge in [-0.25, -0.2) is 4.79 Å². The molecule has 5 nitrogen and oxygen atoms in total. The summed E-state index contributed by atoms with van der Waals surface area (Å²) in [6, 6.07) is 4.79. The number of carboxylic acids is 1. The lowest BCUT2D eigenvalue weighted by Crippen LogP contribution is -2.38. The van der Waals surface area contributed by atoms with Crippen LogP contribution < -0.4 is 9.64 Å². The van der Waals surface area contributed by atoms with Gasteiger partial charge in [-0.3, -0.25) is 4.79 Å². The normalized spacial score (nSPS) is 13.4. The predicted octanol–water partition coefficient (Wildman–Crippen LogP) is 2.08. The molecule has 0 spiro atoms. The molecule has 0 aromatic heterocycles. The van der Waals surface area contributed by atoms with Crippen molar-refractivity contribution in [3.63, 3.8) is 0 Å². The van der Waals surface area contributed by atoms with Gasteiger partial charge in [0.05, 0.1) is 12.2 Å². The quantitative estimate of drug-likeness (QED) is 0.843. The summed E-state index contributed by atoms with van der Waals surface area (Å²) in [5, 5.41) is 9.11. The van der Waals surface area contributed by atoms with Crippen molar-refractivity contribution in [3.8, 4) is 5.75 Å². The van der Waals surface area contributed by atoms with Gasteiger partial charge in [0.1, 0.15) is 12.2 Å². The molecule has 0 unspecified atom stereocenters. The number of benzene rings is 1. The Hall–Kier alpha value is -2.30. The molecule has 0 aliphatic carbocycles. The van der Waals surface area contributed by atoms with Gasteiger partial charge in [0.25, 0.3) is 0 Å². The summed E-state index contributed by atoms with van der Waals surface area (Å²) in [4.78, 5) is 24.8. The fraction of sp³-hybridized carbons (Fsp3) is 0.286. The number of aromatic carboxylic acids is 1. The zero-order valence-corrected chi connectivity index (χ0v) is 10.5. The van der Waals surface area contributed by atoms with Crippen LogP contribution in [0.2, 0.25) is 0 Å². The van der Waals surface area contributed by atoms with E-state index in [-0.39, 0.29) is 17.2 Å². The molecule has 2 rings (SSSR count). The van der Waals surface area contributed by atoms with Crippen LogP contribution >= 0.6 is 0 Å². The molecular formula is C14H15NO4. The number of carbonyl (C=O) groups is 2. The molecule has 1 aliphatic heterocycles. The maximum Gasteiger partial charge on any atom is 0.339 e. The SMILES string of the molecule is C=CCCC(=O)N1CCOc2c(C(=O)O)cccc21. The summed E-state index contributed by atoms with van der Waals surface area (Å²) >= 11 is 0. The van der Waals surface area contributed by atoms with Gasteiger partial charge in [-0.2, -0.15) is 0 Å². The first-order valence-corrected chi connectivity index (χ1v) is 6.05. The third kappa shape index (κ3) is 2.59. The number of fused-ring (bicyclic) bond motifs is 1. The van der Waals surface area contributed by atoms with Gasteiger partial charge in [-0.15, -0.1) is 6.58 Å². The van der Waals surface area contributed by atoms with E-state index in [2.05, 4.69) is 6.58 Å². The molecule has 0 saturated heterocycles. The third-order valence-corrected chi connectivity index (χ3v) is 2.94. The van der Waals surface area contributed by atoms with Gasteiger partial charge in [0.2, 0.25) is 5.91 Å². The van der Waals surface area contributed by atoms with Crippen molar-refractivity contribution in [2.24, 2.45) is 0 Å². The van der Waals surface area contributed by atoms with Crippen molar-refractivity contribution in [2.75, 3.05) is 18.1 Å². The van der Waals surface area contributed by atoms with E-state index < -0.39 is 5.97 Å². The van der Waals surface area contributed by atoms with Gasteiger partial charge in [-0.1, -0.05) is 12.1 Å². The Bertz CT molecular complexity index is 524. The molecule has 1 N–H and O–H groups in total. The van der Waals surface area contributed by atoms with Gasteiger partial charge in [-0.05, 0) is 18.6 Å². The van der Waals surface area contributed by atoms with Gasteiger partial charge >= 0.3 is 5.97 Å². The molecule has 1 aromatic rings. The number of hydrogen-bond acceptors (Lipinski definition) is 3. The maximum absolute atomic E-state index is 12.1. The largest absolute Gasteiger partial charge is 0.489 e. The number of ether oxygens (including phenoxy) is 1. The first-order chi connectivity index (χ1) is 9.15. The van der Waals surface area contributed by atoms with Crippen LogP contribution in [0, 0.1) is 0 Å². The zero-order valence-electron chi connectivity index (χ0n) is 10.5. The smallest absolute Gasteiger partial charge is 0.339 e. The Kier molecular flexibility index (Phi) is 3.85. The fourth-order valence-electron chi connectivity index (χ4n) is 2.04. The molecule has 19 heavy (non-hydrogen) atoms. The van der Waals surface area contributed by atoms with Crippen molar-refractivity contribution in [2.45, 2.75) is 12.8 Å². The summed E-state index contributed by atoms with van der Waals surface area (Å²) in [5.74, 6) is -0.836. The Morgan fingerprint density at radius 2 is 2.26 bits per heavy atom. The van der Waals surface area contributed by atoms with Crippen LogP contribution in [0.25, 0.3) is 0 Å². The lowest BCUT2D eigenvalue weighted by atomic mass is 10.1. The van der Waals surface area contributed by atoms with Gasteiger partial charge in [0.15, 0.2) is 5.75 Å². The second-order valence-electron chi connectivity index (χ2n) is 4.18. The molecule has 1 aliphatic rings. The molecule has 0 atom stereocenters. The molecular weight excluding hydrogens is 246 g/mol. The van der Waals surface area contributed by atoms with E-state index in [1.807, 2.05) is 0 Å². The Balaban J connectivity index is 2.34. The lowest BCUT2D eigenvalue weighted by molar-refractivity contribution is -0.118. The van der Waals surface area contributed by atoms with E-state index in [9.17, 15) is 9.59 Å². The van der Waals surface area contributed by atoms with E-state index >= 15 is 0 Å². The molecule has 0 fully saturated rings. The second-order valence-corrected chi connectivity index (χ2v) is 4.18. The first kappa shape index (κ1) is 13.1. The van der Waals surface area contributed by atoms with Crippen LogP contribution in [0.1, 0.15) is 23.2 Å². The summed E-state index contributed by atoms with van der Waals surface area (Å²) in [6.07, 6.45) is 2.65. The van der Waals surface area contributed by atoms with Crippen LogP contribution in [0.5, 0.6) is 5.75 Å². The van der Waals surface area contributed by atoms with Crippen molar-refractivity contribution in [1.29, 1.82) is 0 Å². The Labute approximate surface area is 111 Å². The summed E-state index contributed by atoms with van der Waals surface area (Å²) in [7, 11) is 0. The molecule has 1 amide bonds. The molecule has 0 bridgehead atoms. The predicted molar refractivity (Wildman–Crippen MR) is 70.7 cm³/mol. The van der Waals surface area contributed by atoms with Crippen LogP contribution in [0.15, 0.2) is 30.9 Å². The Morgan fingerprint density at radius 1 is 1.47 bits per heavy atom. The number of allylic oxidation sites excluding steroid dienone is 1. The second kappa shape index (κ2) is 5.56. The maximum atomic E-state index is 12.1. The van der Waals surface area contributed by atoms with Gasteiger partial charge < -0.3 is 14.7 Å². The molecule has 0 saturated carbocycles. The molecule has 1 aromatic carbocycles. The highest BCUT2D eigenvalue weighted by atomic mass is 16.5. The van der Waals surface area contributed by atoms with Gasteiger partial charge in [0, 0.05) is 6.42 Å². The number of anilines is 1. The monoisotopic (exact) mass is 261 g/mol. The fourth-order valence-corrected chi connectivity index (χ4v) is 2.04. The molecule has 5 heteroatoms. The minimum absolute atomic E-state index is 0.0491. The van der Waals surface area contributed by atoms with Crippen molar-refractivity contribution < 1.29 is 19.4 Å². The average molecular weight is 261 g/mol. The topological polar surface area (TPSA) is 66.8 Å². The molecule has 0 radical (unpaired) electrons. The first-order valence-electron chi connectivity index (χ1n) is 6.05. The molecule has 100 valence electrons. The highest BCUT2D eigenvalue weighted by molar-refractivity contribution is 6.00. The zero-order chi connectivity index (χ0) is 13.8. The van der Waals surface area contributed by atoms with E-state index in [0.717, 1.165) is 0 Å². The summed E-state index contributed by atoms with van der Waals surface area (Å²) in [6.45, 7) is 4.33. The van der Waals surface area contributed by atoms with E-state index in [1.165, 1.54) is 6.07 Å². The highest BCUT2D eigenvalue weighted by Crippen LogP contribution is 2.35. The standard InChI is InChI=1S/C14H15NO4/c1-2-3-7-12(16)15-8-9-19-13-10(14(17)18)5-4-6-11(13)15/h2,4-6H,1,3,7-9H2,(H,17,18). The minimum atomic E-state index is -1.06. The van der Waals surface area contributed by atoms with Crippen LogP contribution in [-0.2, 0) is 4.79 Å². The van der Waals surface area contributed by atoms with Crippen molar-refractivity contribution >= 4 is 17.6 Å². The average Bonchev–Trinajstić information content (AvgIpc) is 2.43. The summed E-state index contributed by atoms with van der Waals surface area (Å²) < 4.78 is 5.41. The number of nitrogens with zero attached hydrogens (tertiary/aromatic N) is 1. The van der Waals surface area contributed by atoms with E-state index in [0.29, 0.717) is 31.7 Å². The molecule has 1 heterocycles. The summed E-state index contributed by atoms with van der Waals surface area (Å²) in [5.41, 5.74) is 0.610. The van der Waals surface area contributed by atoms with E-state index in [4.69, 9.17) is 9.84 Å². The van der Waals surface area contributed by atoms with Crippen molar-refractivity contribution in [3.05, 3.63) is 36.4 Å². The third-order valence-electron chi connectivity index (χ3n) is 2.94. The number of para-hydroxylation sites is 1. The van der Waals surface area contributed by atoms with Crippen LogP contribution in [0.4, 0.5) is 5.69 Å². The number of carbonyl (C=O) groups excluding carboxylic acids is 1. The Morgan fingerprint density at radius 3 is 2.95 bits per heavy atom. The number of carboxylic acid groups (broad SMARTS) is 1. The minimum Gasteiger partial charge on any atom is -0.489 e. The number of amides is 1.